The van der Waals surface area contributed by atoms with Crippen molar-refractivity contribution >= 4 is 0 Å². The van der Waals surface area contributed by atoms with Crippen molar-refractivity contribution < 1.29 is 0 Å². The molecule has 1 heterocycles. The zero-order chi connectivity index (χ0) is 11.4. The molecule has 16 heavy (non-hydrogen) atoms. The standard InChI is InChI=1S/C11H21N5/c1-3-11(6-4-5-7-11)9-16-10(8-12-2)13-14-15-16/h12H,3-9H2,1-2H3. The van der Waals surface area contributed by atoms with E-state index in [-0.39, 0.29) is 0 Å². The zero-order valence-corrected chi connectivity index (χ0v) is 10.2. The van der Waals surface area contributed by atoms with Crippen LogP contribution in [0.15, 0.2) is 0 Å². The lowest BCUT2D eigenvalue weighted by Gasteiger charge is -2.27. The summed E-state index contributed by atoms with van der Waals surface area (Å²) in [5, 5.41) is 15.0. The fraction of sp³-hybridized carbons (Fsp3) is 0.909. The van der Waals surface area contributed by atoms with Gasteiger partial charge in [0.1, 0.15) is 0 Å². The molecular formula is C11H21N5. The molecule has 1 aromatic rings. The van der Waals surface area contributed by atoms with Crippen LogP contribution in [0.5, 0.6) is 0 Å². The molecule has 0 spiro atoms. The molecule has 0 radical (unpaired) electrons. The van der Waals surface area contributed by atoms with Crippen molar-refractivity contribution in [3.05, 3.63) is 5.82 Å². The smallest absolute Gasteiger partial charge is 0.165 e. The van der Waals surface area contributed by atoms with Crippen molar-refractivity contribution in [3.63, 3.8) is 0 Å². The van der Waals surface area contributed by atoms with Crippen LogP contribution in [-0.2, 0) is 13.1 Å². The summed E-state index contributed by atoms with van der Waals surface area (Å²) in [7, 11) is 1.92. The van der Waals surface area contributed by atoms with Gasteiger partial charge in [-0.2, -0.15) is 0 Å². The van der Waals surface area contributed by atoms with Gasteiger partial charge in [0.15, 0.2) is 5.82 Å². The first kappa shape index (κ1) is 11.5. The molecule has 1 fully saturated rings. The predicted molar refractivity (Wildman–Crippen MR) is 61.8 cm³/mol. The molecule has 5 nitrogen and oxygen atoms in total. The number of hydrogen-bond donors (Lipinski definition) is 1. The van der Waals surface area contributed by atoms with Crippen LogP contribution in [0, 0.1) is 5.41 Å². The monoisotopic (exact) mass is 223 g/mol. The maximum absolute atomic E-state index is 4.11. The van der Waals surface area contributed by atoms with Crippen LogP contribution in [0.2, 0.25) is 0 Å². The van der Waals surface area contributed by atoms with E-state index in [0.717, 1.165) is 18.9 Å². The third-order valence-electron chi connectivity index (χ3n) is 3.84. The molecule has 0 amide bonds. The molecular weight excluding hydrogens is 202 g/mol. The number of hydrogen-bond acceptors (Lipinski definition) is 4. The average Bonchev–Trinajstić information content (AvgIpc) is 2.91. The highest BCUT2D eigenvalue weighted by molar-refractivity contribution is 4.87. The summed E-state index contributed by atoms with van der Waals surface area (Å²) in [6.45, 7) is 4.01. The quantitative estimate of drug-likeness (QED) is 0.819. The van der Waals surface area contributed by atoms with Crippen LogP contribution < -0.4 is 5.32 Å². The summed E-state index contributed by atoms with van der Waals surface area (Å²) in [5.74, 6) is 0.947. The van der Waals surface area contributed by atoms with Gasteiger partial charge in [-0.15, -0.1) is 5.10 Å². The summed E-state index contributed by atoms with van der Waals surface area (Å²) in [6, 6.07) is 0. The van der Waals surface area contributed by atoms with E-state index in [9.17, 15) is 0 Å². The van der Waals surface area contributed by atoms with Gasteiger partial charge in [-0.3, -0.25) is 0 Å². The second-order valence-electron chi connectivity index (χ2n) is 4.84. The van der Waals surface area contributed by atoms with Gasteiger partial charge < -0.3 is 5.32 Å². The molecule has 0 atom stereocenters. The van der Waals surface area contributed by atoms with Crippen LogP contribution in [0.1, 0.15) is 44.9 Å². The first-order chi connectivity index (χ1) is 7.79. The largest absolute Gasteiger partial charge is 0.313 e. The highest BCUT2D eigenvalue weighted by Gasteiger charge is 2.33. The number of tetrazole rings is 1. The molecule has 0 aromatic carbocycles. The molecule has 2 rings (SSSR count). The fourth-order valence-corrected chi connectivity index (χ4v) is 2.70. The molecule has 0 saturated heterocycles. The molecule has 90 valence electrons. The van der Waals surface area contributed by atoms with Crippen molar-refractivity contribution in [2.75, 3.05) is 7.05 Å². The lowest BCUT2D eigenvalue weighted by atomic mass is 9.83. The molecule has 1 saturated carbocycles. The summed E-state index contributed by atoms with van der Waals surface area (Å²) in [5.41, 5.74) is 0.442. The number of aromatic nitrogens is 4. The third-order valence-corrected chi connectivity index (χ3v) is 3.84. The number of nitrogens with zero attached hydrogens (tertiary/aromatic N) is 4. The first-order valence-electron chi connectivity index (χ1n) is 6.19. The van der Waals surface area contributed by atoms with Crippen LogP contribution in [-0.4, -0.2) is 27.3 Å². The van der Waals surface area contributed by atoms with Crippen molar-refractivity contribution in [2.45, 2.75) is 52.1 Å². The molecule has 1 aromatic heterocycles. The summed E-state index contributed by atoms with van der Waals surface area (Å²) < 4.78 is 1.98. The third kappa shape index (κ3) is 2.24. The molecule has 0 bridgehead atoms. The zero-order valence-electron chi connectivity index (χ0n) is 10.2. The van der Waals surface area contributed by atoms with E-state index in [2.05, 4.69) is 27.8 Å². The molecule has 1 aliphatic rings. The predicted octanol–water partition coefficient (Wildman–Crippen LogP) is 1.36. The van der Waals surface area contributed by atoms with E-state index < -0.39 is 0 Å². The number of rotatable bonds is 5. The normalized spacial score (nSPS) is 19.1. The second-order valence-corrected chi connectivity index (χ2v) is 4.84. The summed E-state index contributed by atoms with van der Waals surface area (Å²) in [6.07, 6.45) is 6.59. The Morgan fingerprint density at radius 2 is 2.12 bits per heavy atom. The van der Waals surface area contributed by atoms with E-state index in [4.69, 9.17) is 0 Å². The Labute approximate surface area is 96.6 Å². The first-order valence-corrected chi connectivity index (χ1v) is 6.19. The molecule has 0 unspecified atom stereocenters. The fourth-order valence-electron chi connectivity index (χ4n) is 2.70. The lowest BCUT2D eigenvalue weighted by molar-refractivity contribution is 0.221. The Bertz CT molecular complexity index is 327. The van der Waals surface area contributed by atoms with Gasteiger partial charge in [-0.1, -0.05) is 19.8 Å². The maximum Gasteiger partial charge on any atom is 0.165 e. The molecule has 1 N–H and O–H groups in total. The Kier molecular flexibility index (Phi) is 3.53. The van der Waals surface area contributed by atoms with Gasteiger partial charge in [0.2, 0.25) is 0 Å². The minimum atomic E-state index is 0.442. The van der Waals surface area contributed by atoms with Crippen molar-refractivity contribution in [3.8, 4) is 0 Å². The van der Waals surface area contributed by atoms with Gasteiger partial charge in [0.25, 0.3) is 0 Å². The van der Waals surface area contributed by atoms with Crippen LogP contribution >= 0.6 is 0 Å². The molecule has 5 heteroatoms. The Hall–Kier alpha value is -0.970. The van der Waals surface area contributed by atoms with Gasteiger partial charge >= 0.3 is 0 Å². The van der Waals surface area contributed by atoms with E-state index in [1.54, 1.807) is 0 Å². The Morgan fingerprint density at radius 1 is 1.38 bits per heavy atom. The topological polar surface area (TPSA) is 55.6 Å². The van der Waals surface area contributed by atoms with E-state index >= 15 is 0 Å². The van der Waals surface area contributed by atoms with Crippen molar-refractivity contribution in [1.82, 2.24) is 25.5 Å². The highest BCUT2D eigenvalue weighted by Crippen LogP contribution is 2.42. The highest BCUT2D eigenvalue weighted by atomic mass is 15.5. The van der Waals surface area contributed by atoms with Gasteiger partial charge in [-0.05, 0) is 42.2 Å². The van der Waals surface area contributed by atoms with Gasteiger partial charge in [0, 0.05) is 0 Å². The molecule has 1 aliphatic carbocycles. The Morgan fingerprint density at radius 3 is 2.75 bits per heavy atom. The maximum atomic E-state index is 4.11. The van der Waals surface area contributed by atoms with Crippen molar-refractivity contribution in [2.24, 2.45) is 5.41 Å². The lowest BCUT2D eigenvalue weighted by Crippen LogP contribution is -2.25. The minimum absolute atomic E-state index is 0.442. The van der Waals surface area contributed by atoms with Crippen LogP contribution in [0.25, 0.3) is 0 Å². The van der Waals surface area contributed by atoms with Crippen LogP contribution in [0.3, 0.4) is 0 Å². The number of nitrogens with one attached hydrogen (secondary N) is 1. The van der Waals surface area contributed by atoms with E-state index in [1.165, 1.54) is 32.1 Å². The van der Waals surface area contributed by atoms with Gasteiger partial charge in [0.05, 0.1) is 13.1 Å². The van der Waals surface area contributed by atoms with Crippen molar-refractivity contribution in [1.29, 1.82) is 0 Å². The van der Waals surface area contributed by atoms with Crippen LogP contribution in [0.4, 0.5) is 0 Å². The average molecular weight is 223 g/mol. The SMILES string of the molecule is CCC1(Cn2nnnc2CNC)CCCC1. The Balaban J connectivity index is 2.09. The van der Waals surface area contributed by atoms with Gasteiger partial charge in [-0.25, -0.2) is 4.68 Å². The minimum Gasteiger partial charge on any atom is -0.313 e. The second kappa shape index (κ2) is 4.91. The van der Waals surface area contributed by atoms with E-state index in [0.29, 0.717) is 5.41 Å². The summed E-state index contributed by atoms with van der Waals surface area (Å²) in [4.78, 5) is 0. The molecule has 0 aliphatic heterocycles. The van der Waals surface area contributed by atoms with E-state index in [1.807, 2.05) is 11.7 Å². The summed E-state index contributed by atoms with van der Waals surface area (Å²) >= 11 is 0.